The van der Waals surface area contributed by atoms with Crippen molar-refractivity contribution in [1.82, 2.24) is 0 Å². The van der Waals surface area contributed by atoms with E-state index in [1.165, 1.54) is 11.8 Å². The Morgan fingerprint density at radius 3 is 2.73 bits per heavy atom. The molecule has 0 aliphatic carbocycles. The molecule has 6 nitrogen and oxygen atoms in total. The number of fused-ring (bicyclic) bond motifs is 3. The van der Waals surface area contributed by atoms with Crippen molar-refractivity contribution in [2.45, 2.75) is 18.7 Å². The molecule has 2 aliphatic heterocycles. The highest BCUT2D eigenvalue weighted by Crippen LogP contribution is 2.42. The third-order valence-electron chi connectivity index (χ3n) is 4.40. The quantitative estimate of drug-likeness (QED) is 0.581. The van der Waals surface area contributed by atoms with Gasteiger partial charge in [-0.15, -0.1) is 4.40 Å². The number of thioether (sulfide) groups is 1. The Labute approximate surface area is 155 Å². The van der Waals surface area contributed by atoms with Crippen molar-refractivity contribution in [2.24, 2.45) is 4.40 Å². The number of rotatable bonds is 2. The van der Waals surface area contributed by atoms with Crippen LogP contribution in [0.15, 0.2) is 45.7 Å². The lowest BCUT2D eigenvalue weighted by atomic mass is 10.1. The highest BCUT2D eigenvalue weighted by atomic mass is 32.2. The molecule has 8 heteroatoms. The smallest absolute Gasteiger partial charge is 0.343 e. The molecule has 0 saturated carbocycles. The van der Waals surface area contributed by atoms with Crippen molar-refractivity contribution < 1.29 is 17.9 Å². The molecule has 0 N–H and O–H groups in total. The highest BCUT2D eigenvalue weighted by Gasteiger charge is 2.33. The van der Waals surface area contributed by atoms with E-state index < -0.39 is 16.0 Å². The van der Waals surface area contributed by atoms with Gasteiger partial charge in [0, 0.05) is 11.4 Å². The monoisotopic (exact) mass is 388 g/mol. The van der Waals surface area contributed by atoms with Gasteiger partial charge in [-0.1, -0.05) is 6.07 Å². The normalized spacial score (nSPS) is 17.3. The van der Waals surface area contributed by atoms with E-state index in [0.717, 1.165) is 21.7 Å². The summed E-state index contributed by atoms with van der Waals surface area (Å²) in [7, 11) is -3.40. The fourth-order valence-corrected chi connectivity index (χ4v) is 5.10. The molecule has 0 saturated heterocycles. The van der Waals surface area contributed by atoms with E-state index >= 15 is 0 Å². The van der Waals surface area contributed by atoms with Crippen LogP contribution in [0, 0.1) is 13.8 Å². The second-order valence-electron chi connectivity index (χ2n) is 6.23. The zero-order chi connectivity index (χ0) is 18.5. The van der Waals surface area contributed by atoms with Crippen molar-refractivity contribution in [3.63, 3.8) is 0 Å². The number of ether oxygens (including phenoxy) is 1. The molecule has 2 heterocycles. The molecule has 134 valence electrons. The van der Waals surface area contributed by atoms with Gasteiger partial charge in [0.25, 0.3) is 10.0 Å². The van der Waals surface area contributed by atoms with Crippen LogP contribution in [0.3, 0.4) is 0 Å². The summed E-state index contributed by atoms with van der Waals surface area (Å²) >= 11 is 1.25. The van der Waals surface area contributed by atoms with Gasteiger partial charge >= 0.3 is 5.97 Å². The van der Waals surface area contributed by atoms with E-state index in [0.29, 0.717) is 23.0 Å². The lowest BCUT2D eigenvalue weighted by Gasteiger charge is -2.22. The van der Waals surface area contributed by atoms with Gasteiger partial charge in [0.1, 0.15) is 5.75 Å². The Balaban J connectivity index is 1.59. The summed E-state index contributed by atoms with van der Waals surface area (Å²) in [4.78, 5) is 15.1. The summed E-state index contributed by atoms with van der Waals surface area (Å²) in [5.41, 5.74) is 3.46. The summed E-state index contributed by atoms with van der Waals surface area (Å²) in [5, 5.41) is 0.436. The molecule has 26 heavy (non-hydrogen) atoms. The Kier molecular flexibility index (Phi) is 4.04. The molecular weight excluding hydrogens is 372 g/mol. The molecule has 0 radical (unpaired) electrons. The second-order valence-corrected chi connectivity index (χ2v) is 9.00. The van der Waals surface area contributed by atoms with Crippen LogP contribution in [0.25, 0.3) is 0 Å². The standard InChI is InChI=1S/C18H16N2O4S2/c1-11-3-5-14(9-12(11)2)24-17(21)13-4-6-15-16(10-13)25-18-19-26(22,23)8-7-20(15)18/h3-6,9-10H,7-8H2,1-2H3. The minimum Gasteiger partial charge on any atom is -0.423 e. The van der Waals surface area contributed by atoms with Crippen molar-refractivity contribution in [3.8, 4) is 5.75 Å². The van der Waals surface area contributed by atoms with E-state index in [2.05, 4.69) is 4.40 Å². The van der Waals surface area contributed by atoms with Crippen LogP contribution in [-0.4, -0.2) is 31.9 Å². The van der Waals surface area contributed by atoms with Crippen molar-refractivity contribution in [1.29, 1.82) is 0 Å². The van der Waals surface area contributed by atoms with Gasteiger partial charge in [-0.05, 0) is 67.1 Å². The minimum atomic E-state index is -3.40. The van der Waals surface area contributed by atoms with Gasteiger partial charge in [-0.25, -0.2) is 13.2 Å². The lowest BCUT2D eigenvalue weighted by molar-refractivity contribution is 0.0734. The first-order chi connectivity index (χ1) is 12.3. The van der Waals surface area contributed by atoms with Crippen LogP contribution in [-0.2, 0) is 10.0 Å². The Morgan fingerprint density at radius 2 is 1.96 bits per heavy atom. The average Bonchev–Trinajstić information content (AvgIpc) is 2.93. The van der Waals surface area contributed by atoms with Crippen LogP contribution in [0.5, 0.6) is 5.75 Å². The number of benzene rings is 2. The van der Waals surface area contributed by atoms with E-state index in [1.54, 1.807) is 24.3 Å². The Hall–Kier alpha value is -2.32. The van der Waals surface area contributed by atoms with E-state index in [9.17, 15) is 13.2 Å². The fraction of sp³-hybridized carbons (Fsp3) is 0.222. The average molecular weight is 388 g/mol. The molecule has 4 rings (SSSR count). The number of carbonyl (C=O) groups excluding carboxylic acids is 1. The third kappa shape index (κ3) is 3.10. The van der Waals surface area contributed by atoms with Crippen molar-refractivity contribution in [2.75, 3.05) is 17.2 Å². The molecule has 0 atom stereocenters. The summed E-state index contributed by atoms with van der Waals surface area (Å²) in [5.74, 6) is 0.0443. The molecular formula is C18H16N2O4S2. The van der Waals surface area contributed by atoms with Crippen molar-refractivity contribution in [3.05, 3.63) is 53.1 Å². The molecule has 0 fully saturated rings. The maximum atomic E-state index is 12.5. The molecule has 0 amide bonds. The largest absolute Gasteiger partial charge is 0.423 e. The van der Waals surface area contributed by atoms with Crippen LogP contribution in [0.1, 0.15) is 21.5 Å². The van der Waals surface area contributed by atoms with Gasteiger partial charge in [0.05, 0.1) is 17.0 Å². The Morgan fingerprint density at radius 1 is 1.15 bits per heavy atom. The molecule has 0 aromatic heterocycles. The van der Waals surface area contributed by atoms with Gasteiger partial charge in [0.2, 0.25) is 0 Å². The van der Waals surface area contributed by atoms with E-state index in [4.69, 9.17) is 4.74 Å². The molecule has 2 aliphatic rings. The van der Waals surface area contributed by atoms with Crippen LogP contribution in [0.2, 0.25) is 0 Å². The Bertz CT molecular complexity index is 1060. The topological polar surface area (TPSA) is 76.0 Å². The number of carbonyl (C=O) groups is 1. The number of hydrogen-bond donors (Lipinski definition) is 0. The number of aryl methyl sites for hydroxylation is 2. The van der Waals surface area contributed by atoms with Gasteiger partial charge in [0.15, 0.2) is 5.17 Å². The zero-order valence-electron chi connectivity index (χ0n) is 14.2. The van der Waals surface area contributed by atoms with Gasteiger partial charge in [-0.3, -0.25) is 0 Å². The first kappa shape index (κ1) is 17.1. The molecule has 2 aromatic carbocycles. The van der Waals surface area contributed by atoms with Gasteiger partial charge in [-0.2, -0.15) is 0 Å². The molecule has 0 bridgehead atoms. The van der Waals surface area contributed by atoms with Crippen LogP contribution >= 0.6 is 11.8 Å². The zero-order valence-corrected chi connectivity index (χ0v) is 15.9. The maximum absolute atomic E-state index is 12.5. The summed E-state index contributed by atoms with van der Waals surface area (Å²) < 4.78 is 32.6. The first-order valence-corrected chi connectivity index (χ1v) is 10.5. The predicted octanol–water partition coefficient (Wildman–Crippen LogP) is 3.13. The van der Waals surface area contributed by atoms with Crippen LogP contribution in [0.4, 0.5) is 5.69 Å². The summed E-state index contributed by atoms with van der Waals surface area (Å²) in [6.07, 6.45) is 0. The number of sulfonamides is 1. The van der Waals surface area contributed by atoms with E-state index in [-0.39, 0.29) is 5.75 Å². The molecule has 0 unspecified atom stereocenters. The van der Waals surface area contributed by atoms with Crippen LogP contribution < -0.4 is 9.64 Å². The first-order valence-electron chi connectivity index (χ1n) is 8.04. The summed E-state index contributed by atoms with van der Waals surface area (Å²) in [6, 6.07) is 10.7. The number of hydrogen-bond acceptors (Lipinski definition) is 6. The third-order valence-corrected chi connectivity index (χ3v) is 6.70. The predicted molar refractivity (Wildman–Crippen MR) is 102 cm³/mol. The van der Waals surface area contributed by atoms with Crippen molar-refractivity contribution >= 4 is 38.6 Å². The SMILES string of the molecule is Cc1ccc(OC(=O)c2ccc3c(c2)SC2=NS(=O)(=O)CCN23)cc1C. The lowest BCUT2D eigenvalue weighted by Crippen LogP contribution is -2.35. The maximum Gasteiger partial charge on any atom is 0.343 e. The molecule has 2 aromatic rings. The number of anilines is 1. The molecule has 0 spiro atoms. The second kappa shape index (κ2) is 6.14. The number of amidine groups is 1. The summed E-state index contributed by atoms with van der Waals surface area (Å²) in [6.45, 7) is 4.33. The van der Waals surface area contributed by atoms with Gasteiger partial charge < -0.3 is 9.64 Å². The fourth-order valence-electron chi connectivity index (χ4n) is 2.80. The number of esters is 1. The van der Waals surface area contributed by atoms with E-state index in [1.807, 2.05) is 30.9 Å². The number of nitrogens with zero attached hydrogens (tertiary/aromatic N) is 2. The highest BCUT2D eigenvalue weighted by molar-refractivity contribution is 8.15. The minimum absolute atomic E-state index is 0.00688.